The smallest absolute Gasteiger partial charge is 0.250 e. The second-order valence-corrected chi connectivity index (χ2v) is 2.81. The molecule has 0 aliphatic heterocycles. The molecule has 0 amide bonds. The summed E-state index contributed by atoms with van der Waals surface area (Å²) in [6.07, 6.45) is 1.02. The zero-order valence-corrected chi connectivity index (χ0v) is 7.37. The highest BCUT2D eigenvalue weighted by Gasteiger charge is 2.07. The molecule has 1 heterocycles. The lowest BCUT2D eigenvalue weighted by Crippen LogP contribution is -2.24. The molecule has 1 aromatic rings. The molecule has 0 spiro atoms. The van der Waals surface area contributed by atoms with Gasteiger partial charge in [0, 0.05) is 18.4 Å². The average molecular weight is 186 g/mol. The van der Waals surface area contributed by atoms with Crippen molar-refractivity contribution in [1.82, 2.24) is 10.3 Å². The van der Waals surface area contributed by atoms with Gasteiger partial charge >= 0.3 is 0 Å². The number of nitrogens with zero attached hydrogens (tertiary/aromatic N) is 1. The van der Waals surface area contributed by atoms with Gasteiger partial charge in [-0.15, -0.1) is 0 Å². The number of rotatable bonds is 4. The summed E-state index contributed by atoms with van der Waals surface area (Å²) >= 11 is 0. The maximum atomic E-state index is 11.8. The Balaban J connectivity index is 2.44. The van der Waals surface area contributed by atoms with Crippen LogP contribution in [-0.4, -0.2) is 18.0 Å². The van der Waals surface area contributed by atoms with Crippen molar-refractivity contribution in [3.05, 3.63) is 30.1 Å². The van der Waals surface area contributed by atoms with E-state index >= 15 is 0 Å². The Kier molecular flexibility index (Phi) is 3.76. The second kappa shape index (κ2) is 4.87. The van der Waals surface area contributed by atoms with Gasteiger partial charge in [-0.3, -0.25) is 4.98 Å². The first-order valence-electron chi connectivity index (χ1n) is 4.11. The fourth-order valence-electron chi connectivity index (χ4n) is 1.02. The normalized spacial score (nSPS) is 13.2. The molecule has 0 radical (unpaired) electrons. The first-order chi connectivity index (χ1) is 6.20. The molecule has 13 heavy (non-hydrogen) atoms. The Morgan fingerprint density at radius 1 is 1.54 bits per heavy atom. The molecule has 0 fully saturated rings. The summed E-state index contributed by atoms with van der Waals surface area (Å²) in [6, 6.07) is 3.56. The van der Waals surface area contributed by atoms with E-state index in [-0.39, 0.29) is 12.6 Å². The van der Waals surface area contributed by atoms with Crippen molar-refractivity contribution in [3.8, 4) is 0 Å². The van der Waals surface area contributed by atoms with Crippen LogP contribution in [0.25, 0.3) is 0 Å². The van der Waals surface area contributed by atoms with E-state index in [0.29, 0.717) is 0 Å². The van der Waals surface area contributed by atoms with Gasteiger partial charge < -0.3 is 5.32 Å². The molecule has 0 bridgehead atoms. The molecule has 0 unspecified atom stereocenters. The van der Waals surface area contributed by atoms with Crippen molar-refractivity contribution in [2.75, 3.05) is 6.54 Å². The van der Waals surface area contributed by atoms with Gasteiger partial charge in [-0.1, -0.05) is 6.07 Å². The lowest BCUT2D eigenvalue weighted by atomic mass is 10.1. The summed E-state index contributed by atoms with van der Waals surface area (Å²) in [5.41, 5.74) is 0.920. The summed E-state index contributed by atoms with van der Waals surface area (Å²) < 4.78 is 23.7. The van der Waals surface area contributed by atoms with Crippen LogP contribution in [0.4, 0.5) is 8.78 Å². The number of nitrogens with one attached hydrogen (secondary N) is 1. The summed E-state index contributed by atoms with van der Waals surface area (Å²) in [4.78, 5) is 3.91. The van der Waals surface area contributed by atoms with Crippen LogP contribution >= 0.6 is 0 Å². The van der Waals surface area contributed by atoms with Gasteiger partial charge in [-0.05, 0) is 18.6 Å². The van der Waals surface area contributed by atoms with Gasteiger partial charge in [0.15, 0.2) is 0 Å². The van der Waals surface area contributed by atoms with Gasteiger partial charge in [0.2, 0.25) is 0 Å². The molecule has 72 valence electrons. The summed E-state index contributed by atoms with van der Waals surface area (Å²) in [6.45, 7) is 1.55. The lowest BCUT2D eigenvalue weighted by Gasteiger charge is -2.12. The summed E-state index contributed by atoms with van der Waals surface area (Å²) in [5.74, 6) is 0. The molecular formula is C9H12F2N2. The zero-order valence-electron chi connectivity index (χ0n) is 7.37. The van der Waals surface area contributed by atoms with Crippen molar-refractivity contribution in [3.63, 3.8) is 0 Å². The van der Waals surface area contributed by atoms with Crippen molar-refractivity contribution >= 4 is 0 Å². The number of alkyl halides is 2. The summed E-state index contributed by atoms with van der Waals surface area (Å²) in [5, 5.41) is 2.71. The number of hydrogen-bond acceptors (Lipinski definition) is 2. The number of aromatic nitrogens is 1. The number of halogens is 2. The van der Waals surface area contributed by atoms with Gasteiger partial charge in [-0.2, -0.15) is 0 Å². The Labute approximate surface area is 76.0 Å². The maximum absolute atomic E-state index is 11.8. The van der Waals surface area contributed by atoms with Gasteiger partial charge in [0.25, 0.3) is 6.43 Å². The maximum Gasteiger partial charge on any atom is 0.250 e. The van der Waals surface area contributed by atoms with Crippen LogP contribution in [0.3, 0.4) is 0 Å². The van der Waals surface area contributed by atoms with Crippen molar-refractivity contribution in [1.29, 1.82) is 0 Å². The summed E-state index contributed by atoms with van der Waals surface area (Å²) in [7, 11) is 0. The third kappa shape index (κ3) is 3.46. The largest absolute Gasteiger partial charge is 0.305 e. The minimum absolute atomic E-state index is 0.0808. The molecule has 0 aliphatic carbocycles. The quantitative estimate of drug-likeness (QED) is 0.777. The fourth-order valence-corrected chi connectivity index (χ4v) is 1.02. The van der Waals surface area contributed by atoms with Crippen LogP contribution in [0.15, 0.2) is 24.5 Å². The molecule has 2 nitrogen and oxygen atoms in total. The van der Waals surface area contributed by atoms with E-state index in [1.54, 1.807) is 18.5 Å². The van der Waals surface area contributed by atoms with E-state index in [1.165, 1.54) is 0 Å². The molecule has 0 saturated heterocycles. The molecule has 0 aromatic carbocycles. The van der Waals surface area contributed by atoms with Gasteiger partial charge in [0.05, 0.1) is 6.54 Å². The van der Waals surface area contributed by atoms with E-state index in [9.17, 15) is 8.78 Å². The highest BCUT2D eigenvalue weighted by molar-refractivity contribution is 5.12. The fraction of sp³-hybridized carbons (Fsp3) is 0.444. The minimum atomic E-state index is -2.31. The number of pyridine rings is 1. The molecule has 1 aromatic heterocycles. The third-order valence-corrected chi connectivity index (χ3v) is 1.76. The Hall–Kier alpha value is -1.03. The van der Waals surface area contributed by atoms with Crippen LogP contribution < -0.4 is 5.32 Å². The van der Waals surface area contributed by atoms with Crippen molar-refractivity contribution in [2.45, 2.75) is 19.4 Å². The minimum Gasteiger partial charge on any atom is -0.305 e. The van der Waals surface area contributed by atoms with Crippen LogP contribution in [0.1, 0.15) is 18.5 Å². The molecule has 1 N–H and O–H groups in total. The van der Waals surface area contributed by atoms with Crippen LogP contribution in [0, 0.1) is 0 Å². The van der Waals surface area contributed by atoms with Crippen LogP contribution in [0.2, 0.25) is 0 Å². The van der Waals surface area contributed by atoms with Gasteiger partial charge in [-0.25, -0.2) is 8.78 Å². The molecule has 0 aliphatic rings. The Morgan fingerprint density at radius 2 is 2.31 bits per heavy atom. The topological polar surface area (TPSA) is 24.9 Å². The molecule has 1 atom stereocenters. The second-order valence-electron chi connectivity index (χ2n) is 2.81. The molecule has 4 heteroatoms. The zero-order chi connectivity index (χ0) is 9.68. The van der Waals surface area contributed by atoms with E-state index < -0.39 is 6.43 Å². The Morgan fingerprint density at radius 3 is 2.85 bits per heavy atom. The third-order valence-electron chi connectivity index (χ3n) is 1.76. The van der Waals surface area contributed by atoms with E-state index in [1.807, 2.05) is 13.0 Å². The van der Waals surface area contributed by atoms with E-state index in [4.69, 9.17) is 0 Å². The predicted molar refractivity (Wildman–Crippen MR) is 46.7 cm³/mol. The molecular weight excluding hydrogens is 174 g/mol. The number of hydrogen-bond donors (Lipinski definition) is 1. The van der Waals surface area contributed by atoms with Crippen LogP contribution in [0.5, 0.6) is 0 Å². The monoisotopic (exact) mass is 186 g/mol. The Bertz CT molecular complexity index is 239. The standard InChI is InChI=1S/C9H12F2N2/c1-7(13-6-9(10)11)8-3-2-4-12-5-8/h2-5,7,9,13H,6H2,1H3/t7-/m0/s1. The lowest BCUT2D eigenvalue weighted by molar-refractivity contribution is 0.142. The first-order valence-corrected chi connectivity index (χ1v) is 4.11. The van der Waals surface area contributed by atoms with E-state index in [2.05, 4.69) is 10.3 Å². The van der Waals surface area contributed by atoms with Crippen molar-refractivity contribution < 1.29 is 8.78 Å². The molecule has 1 rings (SSSR count). The average Bonchev–Trinajstić information content (AvgIpc) is 2.15. The predicted octanol–water partition coefficient (Wildman–Crippen LogP) is 2.00. The highest BCUT2D eigenvalue weighted by atomic mass is 19.3. The SMILES string of the molecule is C[C@H](NCC(F)F)c1cccnc1. The first kappa shape index (κ1) is 10.1. The van der Waals surface area contributed by atoms with Gasteiger partial charge in [0.1, 0.15) is 0 Å². The van der Waals surface area contributed by atoms with E-state index in [0.717, 1.165) is 5.56 Å². The van der Waals surface area contributed by atoms with Crippen LogP contribution in [-0.2, 0) is 0 Å². The highest BCUT2D eigenvalue weighted by Crippen LogP contribution is 2.09. The van der Waals surface area contributed by atoms with Crippen molar-refractivity contribution in [2.24, 2.45) is 0 Å². The molecule has 0 saturated carbocycles.